The van der Waals surface area contributed by atoms with Gasteiger partial charge >= 0.3 is 0 Å². The predicted octanol–water partition coefficient (Wildman–Crippen LogP) is 2.69. The van der Waals surface area contributed by atoms with Gasteiger partial charge in [-0.2, -0.15) is 16.9 Å². The van der Waals surface area contributed by atoms with Gasteiger partial charge < -0.3 is 10.6 Å². The monoisotopic (exact) mass is 268 g/mol. The highest BCUT2D eigenvalue weighted by Gasteiger charge is 2.30. The molecule has 0 aliphatic carbocycles. The number of anilines is 2. The van der Waals surface area contributed by atoms with E-state index in [2.05, 4.69) is 42.4 Å². The number of hydrogen-bond donors (Lipinski definition) is 1. The topological polar surface area (TPSA) is 47.1 Å². The van der Waals surface area contributed by atoms with E-state index in [0.717, 1.165) is 36.0 Å². The van der Waals surface area contributed by atoms with Crippen LogP contribution in [0.3, 0.4) is 0 Å². The fourth-order valence-corrected chi connectivity index (χ4v) is 3.53. The molecular formula is C13H24N4S. The van der Waals surface area contributed by atoms with Crippen LogP contribution in [0.2, 0.25) is 0 Å². The van der Waals surface area contributed by atoms with Crippen molar-refractivity contribution in [2.24, 2.45) is 0 Å². The zero-order chi connectivity index (χ0) is 13.5. The molecule has 102 valence electrons. The van der Waals surface area contributed by atoms with E-state index in [4.69, 9.17) is 5.73 Å². The third-order valence-corrected chi connectivity index (χ3v) is 4.62. The summed E-state index contributed by atoms with van der Waals surface area (Å²) in [7, 11) is 0. The smallest absolute Gasteiger partial charge is 0.150 e. The third kappa shape index (κ3) is 2.46. The standard InChI is InChI=1S/C13H24N4S/c1-9(2)17-12(11(14)10(3)15-17)16-6-7-18-13(4,5)8-16/h9H,6-8,14H2,1-5H3. The van der Waals surface area contributed by atoms with E-state index in [1.807, 2.05) is 18.7 Å². The molecule has 1 saturated heterocycles. The second kappa shape index (κ2) is 4.68. The normalized spacial score (nSPS) is 19.6. The Bertz CT molecular complexity index is 436. The summed E-state index contributed by atoms with van der Waals surface area (Å²) in [5.41, 5.74) is 8.01. The lowest BCUT2D eigenvalue weighted by atomic mass is 10.2. The fraction of sp³-hybridized carbons (Fsp3) is 0.769. The first-order valence-corrected chi connectivity index (χ1v) is 7.54. The van der Waals surface area contributed by atoms with Gasteiger partial charge in [0.25, 0.3) is 0 Å². The summed E-state index contributed by atoms with van der Waals surface area (Å²) >= 11 is 2.03. The molecule has 18 heavy (non-hydrogen) atoms. The highest BCUT2D eigenvalue weighted by Crippen LogP contribution is 2.36. The van der Waals surface area contributed by atoms with E-state index in [0.29, 0.717) is 6.04 Å². The van der Waals surface area contributed by atoms with Gasteiger partial charge in [0.15, 0.2) is 5.82 Å². The van der Waals surface area contributed by atoms with E-state index in [1.165, 1.54) is 0 Å². The molecule has 0 saturated carbocycles. The molecule has 0 bridgehead atoms. The molecule has 0 atom stereocenters. The van der Waals surface area contributed by atoms with Crippen LogP contribution in [0, 0.1) is 6.92 Å². The molecule has 0 spiro atoms. The number of aryl methyl sites for hydroxylation is 1. The lowest BCUT2D eigenvalue weighted by Crippen LogP contribution is -2.44. The maximum atomic E-state index is 6.23. The average molecular weight is 268 g/mol. The number of aromatic nitrogens is 2. The molecule has 1 fully saturated rings. The molecule has 1 aromatic rings. The molecule has 1 aliphatic rings. The van der Waals surface area contributed by atoms with Gasteiger partial charge in [-0.25, -0.2) is 4.68 Å². The van der Waals surface area contributed by atoms with Crippen molar-refractivity contribution in [1.82, 2.24) is 9.78 Å². The fourth-order valence-electron chi connectivity index (χ4n) is 2.42. The van der Waals surface area contributed by atoms with Gasteiger partial charge in [0, 0.05) is 29.6 Å². The molecular weight excluding hydrogens is 244 g/mol. The van der Waals surface area contributed by atoms with Crippen LogP contribution in [0.25, 0.3) is 0 Å². The van der Waals surface area contributed by atoms with Crippen LogP contribution in [-0.4, -0.2) is 33.4 Å². The van der Waals surface area contributed by atoms with Crippen LogP contribution < -0.4 is 10.6 Å². The highest BCUT2D eigenvalue weighted by atomic mass is 32.2. The van der Waals surface area contributed by atoms with Crippen molar-refractivity contribution in [3.63, 3.8) is 0 Å². The maximum Gasteiger partial charge on any atom is 0.150 e. The number of rotatable bonds is 2. The van der Waals surface area contributed by atoms with Gasteiger partial charge in [-0.05, 0) is 34.6 Å². The van der Waals surface area contributed by atoms with Crippen molar-refractivity contribution < 1.29 is 0 Å². The Kier molecular flexibility index (Phi) is 3.54. The predicted molar refractivity (Wildman–Crippen MR) is 80.5 cm³/mol. The summed E-state index contributed by atoms with van der Waals surface area (Å²) < 4.78 is 2.35. The molecule has 0 amide bonds. The largest absolute Gasteiger partial charge is 0.394 e. The minimum atomic E-state index is 0.282. The average Bonchev–Trinajstić information content (AvgIpc) is 2.54. The molecule has 0 radical (unpaired) electrons. The molecule has 1 aromatic heterocycles. The van der Waals surface area contributed by atoms with Crippen LogP contribution in [-0.2, 0) is 0 Å². The Morgan fingerprint density at radius 2 is 2.06 bits per heavy atom. The lowest BCUT2D eigenvalue weighted by molar-refractivity contribution is 0.515. The highest BCUT2D eigenvalue weighted by molar-refractivity contribution is 8.00. The molecule has 5 heteroatoms. The van der Waals surface area contributed by atoms with E-state index in [-0.39, 0.29) is 4.75 Å². The second-order valence-corrected chi connectivity index (χ2v) is 7.69. The Balaban J connectivity index is 2.38. The van der Waals surface area contributed by atoms with Crippen molar-refractivity contribution in [2.45, 2.75) is 45.4 Å². The molecule has 2 heterocycles. The zero-order valence-electron chi connectivity index (χ0n) is 12.0. The summed E-state index contributed by atoms with van der Waals surface area (Å²) in [6.07, 6.45) is 0. The lowest BCUT2D eigenvalue weighted by Gasteiger charge is -2.39. The Labute approximate surface area is 114 Å². The van der Waals surface area contributed by atoms with Crippen LogP contribution in [0.15, 0.2) is 0 Å². The first-order chi connectivity index (χ1) is 8.32. The van der Waals surface area contributed by atoms with Crippen molar-refractivity contribution in [3.8, 4) is 0 Å². The van der Waals surface area contributed by atoms with Crippen molar-refractivity contribution in [1.29, 1.82) is 0 Å². The number of nitrogens with two attached hydrogens (primary N) is 1. The van der Waals surface area contributed by atoms with Crippen LogP contribution in [0.4, 0.5) is 11.5 Å². The summed E-state index contributed by atoms with van der Waals surface area (Å²) in [6, 6.07) is 0.341. The quantitative estimate of drug-likeness (QED) is 0.896. The van der Waals surface area contributed by atoms with Gasteiger partial charge in [-0.15, -0.1) is 0 Å². The van der Waals surface area contributed by atoms with Gasteiger partial charge in [0.1, 0.15) is 0 Å². The molecule has 2 rings (SSSR count). The Hall–Kier alpha value is -0.840. The van der Waals surface area contributed by atoms with Crippen molar-refractivity contribution >= 4 is 23.3 Å². The van der Waals surface area contributed by atoms with E-state index in [1.54, 1.807) is 0 Å². The summed E-state index contributed by atoms with van der Waals surface area (Å²) in [4.78, 5) is 2.39. The van der Waals surface area contributed by atoms with Gasteiger partial charge in [-0.1, -0.05) is 0 Å². The van der Waals surface area contributed by atoms with Crippen LogP contribution in [0.5, 0.6) is 0 Å². The Morgan fingerprint density at radius 3 is 2.61 bits per heavy atom. The van der Waals surface area contributed by atoms with Crippen LogP contribution in [0.1, 0.15) is 39.4 Å². The Morgan fingerprint density at radius 1 is 1.39 bits per heavy atom. The zero-order valence-corrected chi connectivity index (χ0v) is 12.8. The number of thioether (sulfide) groups is 1. The van der Waals surface area contributed by atoms with Crippen molar-refractivity contribution in [2.75, 3.05) is 29.5 Å². The number of nitrogen functional groups attached to an aromatic ring is 1. The first-order valence-electron chi connectivity index (χ1n) is 6.55. The molecule has 0 aromatic carbocycles. The molecule has 1 aliphatic heterocycles. The number of hydrogen-bond acceptors (Lipinski definition) is 4. The third-order valence-electron chi connectivity index (χ3n) is 3.32. The summed E-state index contributed by atoms with van der Waals surface area (Å²) in [5, 5.41) is 4.58. The maximum absolute atomic E-state index is 6.23. The minimum Gasteiger partial charge on any atom is -0.394 e. The molecule has 0 unspecified atom stereocenters. The van der Waals surface area contributed by atoms with Gasteiger partial charge in [0.2, 0.25) is 0 Å². The van der Waals surface area contributed by atoms with E-state index < -0.39 is 0 Å². The molecule has 4 nitrogen and oxygen atoms in total. The SMILES string of the molecule is Cc1nn(C(C)C)c(N2CCSC(C)(C)C2)c1N. The number of nitrogens with zero attached hydrogens (tertiary/aromatic N) is 3. The van der Waals surface area contributed by atoms with Crippen LogP contribution >= 0.6 is 11.8 Å². The second-order valence-electron chi connectivity index (χ2n) is 5.89. The van der Waals surface area contributed by atoms with Gasteiger partial charge in [-0.3, -0.25) is 0 Å². The van der Waals surface area contributed by atoms with Crippen molar-refractivity contribution in [3.05, 3.63) is 5.69 Å². The van der Waals surface area contributed by atoms with E-state index in [9.17, 15) is 0 Å². The molecule has 2 N–H and O–H groups in total. The summed E-state index contributed by atoms with van der Waals surface area (Å²) in [5.74, 6) is 2.25. The minimum absolute atomic E-state index is 0.282. The van der Waals surface area contributed by atoms with E-state index >= 15 is 0 Å². The summed E-state index contributed by atoms with van der Waals surface area (Å²) in [6.45, 7) is 13.0. The first kappa shape index (κ1) is 13.6. The van der Waals surface area contributed by atoms with Gasteiger partial charge in [0.05, 0.1) is 11.4 Å².